The van der Waals surface area contributed by atoms with Crippen LogP contribution in [-0.2, 0) is 27.1 Å². The van der Waals surface area contributed by atoms with Gasteiger partial charge in [-0.05, 0) is 144 Å². The van der Waals surface area contributed by atoms with Gasteiger partial charge in [-0.25, -0.2) is 4.98 Å². The van der Waals surface area contributed by atoms with Crippen LogP contribution in [0.15, 0.2) is 194 Å². The highest BCUT2D eigenvalue weighted by atomic mass is 28.3. The molecule has 2 aromatic heterocycles. The van der Waals surface area contributed by atoms with Crippen LogP contribution in [-0.4, -0.2) is 24.3 Å². The molecule has 10 aromatic rings. The number of anilines is 4. The summed E-state index contributed by atoms with van der Waals surface area (Å²) >= 11 is 0. The second-order valence-electron chi connectivity index (χ2n) is 29.3. The Hall–Kier alpha value is -8.19. The van der Waals surface area contributed by atoms with E-state index in [9.17, 15) is 0 Å². The van der Waals surface area contributed by atoms with Crippen LogP contribution in [0.4, 0.5) is 22.7 Å². The van der Waals surface area contributed by atoms with Gasteiger partial charge < -0.3 is 14.5 Å². The Balaban J connectivity index is 0.941. The van der Waals surface area contributed by atoms with Gasteiger partial charge in [0.25, 0.3) is 0 Å². The predicted octanol–water partition coefficient (Wildman–Crippen LogP) is 19.6. The second kappa shape index (κ2) is 19.2. The second-order valence-corrected chi connectivity index (χ2v) is 33.6. The average molecular weight is 1130 g/mol. The molecule has 0 saturated heterocycles. The number of pyridine rings is 1. The van der Waals surface area contributed by atoms with Crippen molar-refractivity contribution in [2.45, 2.75) is 136 Å². The minimum absolute atomic E-state index is 0.0543. The predicted molar refractivity (Wildman–Crippen MR) is 361 cm³/mol. The molecule has 0 N–H and O–H groups in total. The quantitative estimate of drug-likeness (QED) is 0.149. The Kier molecular flexibility index (Phi) is 12.3. The molecule has 0 saturated carbocycles. The van der Waals surface area contributed by atoms with E-state index in [1.165, 1.54) is 99.6 Å². The Labute approximate surface area is 505 Å². The van der Waals surface area contributed by atoms with E-state index in [4.69, 9.17) is 9.72 Å². The lowest BCUT2D eigenvalue weighted by Gasteiger charge is -2.49. The number of hydrogen-bond donors (Lipinski definition) is 0. The highest BCUT2D eigenvalue weighted by Crippen LogP contribution is 2.64. The fraction of sp³-hybridized carbons (Fsp3) is 0.278. The lowest BCUT2D eigenvalue weighted by molar-refractivity contribution is 0.474. The first-order valence-electron chi connectivity index (χ1n) is 30.8. The standard InChI is InChI=1S/C79H80N4OSi/c1-75(2,3)52-38-39-80-71(45-52)83-67-35-25-32-63-72(67)73-64(79(63)61-30-18-22-36-69(61)85(13,14)70-37-23-19-31-62(70)79)47-58(48-68(73)83)84-57-29-24-28-56(46-57)81-49-82(66-34-21-20-33-65(66)81)74-59(50-26-16-15-17-27-50)43-55(78(10,11)12)44-60(74)51-40-53(76(4,5)6)42-54(41-51)77(7,8)9/h15-31,33-48,63H,32,49H2,1-14H3. The molecule has 85 heavy (non-hydrogen) atoms. The van der Waals surface area contributed by atoms with Gasteiger partial charge in [-0.1, -0.05) is 228 Å². The molecule has 14 rings (SSSR count). The SMILES string of the molecule is CC(C)(C)c1cc(-c2cc(C(C)(C)C)cc(-c3ccccc3)c2N2CN(c3cccc(Oc4cc5c6c7c(n(-c8cc(C(C)(C)C)ccn8)c6c4)C=CCC7C54c5ccccc5[Si](C)(C)c5ccccc54)c3)c3ccccc32)cc(C(C)(C)C)c1. The molecule has 426 valence electrons. The Morgan fingerprint density at radius 2 is 1.08 bits per heavy atom. The van der Waals surface area contributed by atoms with Crippen molar-refractivity contribution < 1.29 is 4.74 Å². The third-order valence-electron chi connectivity index (χ3n) is 19.4. The van der Waals surface area contributed by atoms with E-state index in [1.54, 1.807) is 0 Å². The van der Waals surface area contributed by atoms with Crippen molar-refractivity contribution in [2.24, 2.45) is 0 Å². The monoisotopic (exact) mass is 1130 g/mol. The molecule has 6 heteroatoms. The van der Waals surface area contributed by atoms with Crippen LogP contribution in [0.25, 0.3) is 45.1 Å². The van der Waals surface area contributed by atoms with E-state index in [0.717, 1.165) is 40.6 Å². The number of rotatable bonds is 7. The first kappa shape index (κ1) is 54.7. The molecule has 4 aliphatic rings. The number of allylic oxidation sites excluding steroid dienone is 1. The number of fused-ring (bicyclic) bond motifs is 7. The Morgan fingerprint density at radius 1 is 0.506 bits per heavy atom. The molecule has 5 nitrogen and oxygen atoms in total. The van der Waals surface area contributed by atoms with Crippen LogP contribution in [0.5, 0.6) is 11.5 Å². The summed E-state index contributed by atoms with van der Waals surface area (Å²) in [6.07, 6.45) is 7.73. The maximum Gasteiger partial charge on any atom is 0.137 e. The summed E-state index contributed by atoms with van der Waals surface area (Å²) < 4.78 is 9.90. The highest BCUT2D eigenvalue weighted by Gasteiger charge is 2.58. The summed E-state index contributed by atoms with van der Waals surface area (Å²) in [5.74, 6) is 2.71. The molecular weight excluding hydrogens is 1050 g/mol. The van der Waals surface area contributed by atoms with Gasteiger partial charge in [0, 0.05) is 46.4 Å². The Morgan fingerprint density at radius 3 is 1.72 bits per heavy atom. The smallest absolute Gasteiger partial charge is 0.137 e. The van der Waals surface area contributed by atoms with E-state index in [0.29, 0.717) is 6.67 Å². The molecule has 2 aliphatic heterocycles. The van der Waals surface area contributed by atoms with E-state index >= 15 is 0 Å². The summed E-state index contributed by atoms with van der Waals surface area (Å²) in [4.78, 5) is 10.2. The number of ether oxygens (including phenoxy) is 1. The van der Waals surface area contributed by atoms with Gasteiger partial charge in [0.15, 0.2) is 0 Å². The first-order chi connectivity index (χ1) is 40.4. The van der Waals surface area contributed by atoms with Gasteiger partial charge in [0.1, 0.15) is 32.1 Å². The fourth-order valence-electron chi connectivity index (χ4n) is 14.8. The highest BCUT2D eigenvalue weighted by molar-refractivity contribution is 7.01. The van der Waals surface area contributed by atoms with Gasteiger partial charge >= 0.3 is 0 Å². The number of aromatic nitrogens is 2. The van der Waals surface area contributed by atoms with Crippen molar-refractivity contribution in [1.29, 1.82) is 0 Å². The lowest BCUT2D eigenvalue weighted by atomic mass is 9.62. The van der Waals surface area contributed by atoms with Gasteiger partial charge in [-0.15, -0.1) is 0 Å². The van der Waals surface area contributed by atoms with Crippen molar-refractivity contribution >= 4 is 58.2 Å². The van der Waals surface area contributed by atoms with E-state index in [2.05, 4.69) is 305 Å². The van der Waals surface area contributed by atoms with Crippen LogP contribution >= 0.6 is 0 Å². The minimum Gasteiger partial charge on any atom is -0.457 e. The van der Waals surface area contributed by atoms with Crippen LogP contribution in [0.2, 0.25) is 13.1 Å². The normalized spacial score (nSPS) is 16.5. The molecule has 2 aliphatic carbocycles. The average Bonchev–Trinajstić information content (AvgIpc) is 1.54. The molecule has 1 atom stereocenters. The molecule has 1 spiro atoms. The fourth-order valence-corrected chi connectivity index (χ4v) is 18.1. The van der Waals surface area contributed by atoms with Crippen LogP contribution in [0, 0.1) is 0 Å². The maximum atomic E-state index is 7.46. The summed E-state index contributed by atoms with van der Waals surface area (Å²) in [5.41, 5.74) is 22.0. The molecule has 0 fully saturated rings. The molecule has 0 radical (unpaired) electrons. The van der Waals surface area contributed by atoms with Crippen molar-refractivity contribution in [3.05, 3.63) is 244 Å². The molecule has 4 heterocycles. The number of nitrogens with zero attached hydrogens (tertiary/aromatic N) is 4. The third-order valence-corrected chi connectivity index (χ3v) is 22.9. The van der Waals surface area contributed by atoms with Crippen molar-refractivity contribution in [3.8, 4) is 39.6 Å². The van der Waals surface area contributed by atoms with Crippen molar-refractivity contribution in [2.75, 3.05) is 16.5 Å². The van der Waals surface area contributed by atoms with Crippen LogP contribution in [0.1, 0.15) is 146 Å². The lowest BCUT2D eigenvalue weighted by Crippen LogP contribution is -2.63. The zero-order valence-electron chi connectivity index (χ0n) is 52.2. The zero-order chi connectivity index (χ0) is 59.3. The maximum absolute atomic E-state index is 7.46. The minimum atomic E-state index is -2.11. The van der Waals surface area contributed by atoms with Crippen molar-refractivity contribution in [3.63, 3.8) is 0 Å². The number of benzene rings is 8. The van der Waals surface area contributed by atoms with E-state index in [-0.39, 0.29) is 27.6 Å². The van der Waals surface area contributed by atoms with Crippen LogP contribution in [0.3, 0.4) is 0 Å². The molecular formula is C79H80N4OSi. The largest absolute Gasteiger partial charge is 0.457 e. The third kappa shape index (κ3) is 8.63. The summed E-state index contributed by atoms with van der Waals surface area (Å²) in [6, 6.07) is 69.3. The van der Waals surface area contributed by atoms with Gasteiger partial charge in [0.05, 0.1) is 33.7 Å². The molecule has 0 bridgehead atoms. The first-order valence-corrected chi connectivity index (χ1v) is 33.8. The van der Waals surface area contributed by atoms with Gasteiger partial charge in [-0.2, -0.15) is 0 Å². The molecule has 1 unspecified atom stereocenters. The summed E-state index contributed by atoms with van der Waals surface area (Å²) in [5, 5.41) is 4.38. The van der Waals surface area contributed by atoms with Gasteiger partial charge in [0.2, 0.25) is 0 Å². The van der Waals surface area contributed by atoms with Crippen LogP contribution < -0.4 is 24.9 Å². The van der Waals surface area contributed by atoms with E-state index < -0.39 is 13.5 Å². The summed E-state index contributed by atoms with van der Waals surface area (Å²) in [7, 11) is -2.11. The molecule has 0 amide bonds. The van der Waals surface area contributed by atoms with E-state index in [1.807, 2.05) is 6.20 Å². The Bertz CT molecular complexity index is 4300. The van der Waals surface area contributed by atoms with Crippen molar-refractivity contribution in [1.82, 2.24) is 9.55 Å². The number of para-hydroxylation sites is 2. The topological polar surface area (TPSA) is 33.5 Å². The molecule has 8 aromatic carbocycles. The number of hydrogen-bond acceptors (Lipinski definition) is 4. The zero-order valence-corrected chi connectivity index (χ0v) is 53.2. The summed E-state index contributed by atoms with van der Waals surface area (Å²) in [6.45, 7) is 33.6. The van der Waals surface area contributed by atoms with Gasteiger partial charge in [-0.3, -0.25) is 4.57 Å².